The summed E-state index contributed by atoms with van der Waals surface area (Å²) in [6.07, 6.45) is 0.863. The summed E-state index contributed by atoms with van der Waals surface area (Å²) in [6, 6.07) is 6.21. The van der Waals surface area contributed by atoms with Crippen LogP contribution in [0.25, 0.3) is 0 Å². The first-order valence-electron chi connectivity index (χ1n) is 3.86. The van der Waals surface area contributed by atoms with E-state index in [0.717, 1.165) is 17.8 Å². The van der Waals surface area contributed by atoms with E-state index in [4.69, 9.17) is 5.73 Å². The smallest absolute Gasteiger partial charge is 0.0422 e. The van der Waals surface area contributed by atoms with Crippen LogP contribution in [0.15, 0.2) is 18.2 Å². The molecule has 1 heterocycles. The maximum atomic E-state index is 5.63. The van der Waals surface area contributed by atoms with E-state index in [2.05, 4.69) is 4.98 Å². The van der Waals surface area contributed by atoms with Crippen molar-refractivity contribution < 1.29 is 0 Å². The lowest BCUT2D eigenvalue weighted by atomic mass is 10.2. The first-order valence-corrected chi connectivity index (χ1v) is 3.86. The van der Waals surface area contributed by atoms with E-state index in [0.29, 0.717) is 0 Å². The predicted octanol–water partition coefficient (Wildman–Crippen LogP) is 1.28. The van der Waals surface area contributed by atoms with Gasteiger partial charge in [-0.2, -0.15) is 0 Å². The van der Waals surface area contributed by atoms with Crippen molar-refractivity contribution in [2.45, 2.75) is 26.3 Å². The van der Waals surface area contributed by atoms with Crippen molar-refractivity contribution >= 4 is 0 Å². The van der Waals surface area contributed by atoms with E-state index in [9.17, 15) is 0 Å². The van der Waals surface area contributed by atoms with Gasteiger partial charge in [0.05, 0.1) is 0 Å². The summed E-state index contributed by atoms with van der Waals surface area (Å²) in [5.41, 5.74) is 7.78. The molecule has 1 atom stereocenters. The van der Waals surface area contributed by atoms with Crippen molar-refractivity contribution in [1.82, 2.24) is 4.98 Å². The van der Waals surface area contributed by atoms with E-state index in [1.54, 1.807) is 0 Å². The molecular formula is C9H14N2. The van der Waals surface area contributed by atoms with E-state index >= 15 is 0 Å². The summed E-state index contributed by atoms with van der Waals surface area (Å²) < 4.78 is 0. The Morgan fingerprint density at radius 2 is 2.27 bits per heavy atom. The number of pyridine rings is 1. The predicted molar refractivity (Wildman–Crippen MR) is 46.3 cm³/mol. The second-order valence-corrected chi connectivity index (χ2v) is 2.95. The average molecular weight is 150 g/mol. The Kier molecular flexibility index (Phi) is 2.60. The first kappa shape index (κ1) is 8.21. The molecule has 0 aromatic carbocycles. The minimum Gasteiger partial charge on any atom is -0.328 e. The summed E-state index contributed by atoms with van der Waals surface area (Å²) in [7, 11) is 0. The number of aromatic nitrogens is 1. The van der Waals surface area contributed by atoms with Crippen molar-refractivity contribution in [3.05, 3.63) is 29.6 Å². The van der Waals surface area contributed by atoms with Crippen LogP contribution in [-0.4, -0.2) is 11.0 Å². The fourth-order valence-electron chi connectivity index (χ4n) is 1.04. The third kappa shape index (κ3) is 2.68. The Labute approximate surface area is 67.5 Å². The molecule has 1 aromatic heterocycles. The highest BCUT2D eigenvalue weighted by molar-refractivity contribution is 5.10. The lowest BCUT2D eigenvalue weighted by molar-refractivity contribution is 0.720. The molecule has 0 radical (unpaired) electrons. The van der Waals surface area contributed by atoms with Gasteiger partial charge in [-0.3, -0.25) is 4.98 Å². The Hall–Kier alpha value is -0.890. The van der Waals surface area contributed by atoms with Gasteiger partial charge in [0.15, 0.2) is 0 Å². The second kappa shape index (κ2) is 3.49. The van der Waals surface area contributed by atoms with E-state index in [1.165, 1.54) is 0 Å². The minimum atomic E-state index is 0.198. The van der Waals surface area contributed by atoms with Gasteiger partial charge in [0.1, 0.15) is 0 Å². The Bertz CT molecular complexity index is 231. The molecule has 0 unspecified atom stereocenters. The quantitative estimate of drug-likeness (QED) is 0.689. The van der Waals surface area contributed by atoms with Gasteiger partial charge in [-0.1, -0.05) is 6.07 Å². The average Bonchev–Trinajstić information content (AvgIpc) is 1.85. The molecule has 0 aliphatic heterocycles. The van der Waals surface area contributed by atoms with Gasteiger partial charge in [0, 0.05) is 23.9 Å². The van der Waals surface area contributed by atoms with Crippen molar-refractivity contribution in [3.63, 3.8) is 0 Å². The van der Waals surface area contributed by atoms with Crippen LogP contribution in [0.1, 0.15) is 18.3 Å². The summed E-state index contributed by atoms with van der Waals surface area (Å²) in [4.78, 5) is 4.33. The maximum Gasteiger partial charge on any atom is 0.0422 e. The molecule has 0 amide bonds. The van der Waals surface area contributed by atoms with Crippen molar-refractivity contribution in [1.29, 1.82) is 0 Å². The van der Waals surface area contributed by atoms with E-state index in [1.807, 2.05) is 32.0 Å². The monoisotopic (exact) mass is 150 g/mol. The van der Waals surface area contributed by atoms with Gasteiger partial charge in [-0.05, 0) is 26.0 Å². The number of hydrogen-bond donors (Lipinski definition) is 1. The summed E-state index contributed by atoms with van der Waals surface area (Å²) in [5.74, 6) is 0. The van der Waals surface area contributed by atoms with Gasteiger partial charge in [0.2, 0.25) is 0 Å². The topological polar surface area (TPSA) is 38.9 Å². The van der Waals surface area contributed by atoms with E-state index < -0.39 is 0 Å². The van der Waals surface area contributed by atoms with Crippen LogP contribution in [-0.2, 0) is 6.42 Å². The molecule has 11 heavy (non-hydrogen) atoms. The molecule has 0 aliphatic rings. The molecule has 2 heteroatoms. The van der Waals surface area contributed by atoms with Crippen LogP contribution in [0.4, 0.5) is 0 Å². The van der Waals surface area contributed by atoms with Crippen LogP contribution in [0.5, 0.6) is 0 Å². The summed E-state index contributed by atoms with van der Waals surface area (Å²) >= 11 is 0. The molecule has 0 fully saturated rings. The number of rotatable bonds is 2. The lowest BCUT2D eigenvalue weighted by Gasteiger charge is -2.03. The van der Waals surface area contributed by atoms with Gasteiger partial charge < -0.3 is 5.73 Å². The highest BCUT2D eigenvalue weighted by Crippen LogP contribution is 2.00. The summed E-state index contributed by atoms with van der Waals surface area (Å²) in [5, 5.41) is 0. The maximum absolute atomic E-state index is 5.63. The van der Waals surface area contributed by atoms with Gasteiger partial charge in [-0.25, -0.2) is 0 Å². The molecule has 2 N–H and O–H groups in total. The zero-order valence-electron chi connectivity index (χ0n) is 7.04. The highest BCUT2D eigenvalue weighted by Gasteiger charge is 1.97. The number of hydrogen-bond acceptors (Lipinski definition) is 2. The fraction of sp³-hybridized carbons (Fsp3) is 0.444. The van der Waals surface area contributed by atoms with Gasteiger partial charge >= 0.3 is 0 Å². The SMILES string of the molecule is Cc1cccc(C[C@@H](C)N)n1. The standard InChI is InChI=1S/C9H14N2/c1-7(10)6-9-5-3-4-8(2)11-9/h3-5,7H,6,10H2,1-2H3/t7-/m1/s1. The number of nitrogens with two attached hydrogens (primary N) is 1. The third-order valence-electron chi connectivity index (χ3n) is 1.48. The molecule has 1 aromatic rings. The van der Waals surface area contributed by atoms with Crippen LogP contribution < -0.4 is 5.73 Å². The Morgan fingerprint density at radius 1 is 1.55 bits per heavy atom. The number of aryl methyl sites for hydroxylation is 1. The zero-order valence-corrected chi connectivity index (χ0v) is 7.04. The molecule has 0 spiro atoms. The van der Waals surface area contributed by atoms with Crippen LogP contribution in [0, 0.1) is 6.92 Å². The molecule has 1 rings (SSSR count). The fourth-order valence-corrected chi connectivity index (χ4v) is 1.04. The molecule has 60 valence electrons. The van der Waals surface area contributed by atoms with Crippen LogP contribution >= 0.6 is 0 Å². The van der Waals surface area contributed by atoms with Crippen molar-refractivity contribution in [3.8, 4) is 0 Å². The molecule has 0 aliphatic carbocycles. The highest BCUT2D eigenvalue weighted by atomic mass is 14.7. The molecule has 0 saturated carbocycles. The van der Waals surface area contributed by atoms with Crippen LogP contribution in [0.3, 0.4) is 0 Å². The molecular weight excluding hydrogens is 136 g/mol. The minimum absolute atomic E-state index is 0.198. The second-order valence-electron chi connectivity index (χ2n) is 2.95. The van der Waals surface area contributed by atoms with Crippen LogP contribution in [0.2, 0.25) is 0 Å². The zero-order chi connectivity index (χ0) is 8.27. The number of nitrogens with zero attached hydrogens (tertiary/aromatic N) is 1. The summed E-state index contributed by atoms with van der Waals surface area (Å²) in [6.45, 7) is 3.98. The van der Waals surface area contributed by atoms with E-state index in [-0.39, 0.29) is 6.04 Å². The largest absolute Gasteiger partial charge is 0.328 e. The molecule has 2 nitrogen and oxygen atoms in total. The molecule has 0 bridgehead atoms. The van der Waals surface area contributed by atoms with Gasteiger partial charge in [-0.15, -0.1) is 0 Å². The third-order valence-corrected chi connectivity index (χ3v) is 1.48. The first-order chi connectivity index (χ1) is 5.18. The van der Waals surface area contributed by atoms with Crippen molar-refractivity contribution in [2.24, 2.45) is 5.73 Å². The lowest BCUT2D eigenvalue weighted by Crippen LogP contribution is -2.18. The van der Waals surface area contributed by atoms with Crippen molar-refractivity contribution in [2.75, 3.05) is 0 Å². The molecule has 0 saturated heterocycles. The Balaban J connectivity index is 2.71. The Morgan fingerprint density at radius 3 is 2.82 bits per heavy atom. The van der Waals surface area contributed by atoms with Gasteiger partial charge in [0.25, 0.3) is 0 Å². The normalized spacial score (nSPS) is 13.0.